The van der Waals surface area contributed by atoms with Gasteiger partial charge in [0.25, 0.3) is 0 Å². The summed E-state index contributed by atoms with van der Waals surface area (Å²) in [5.41, 5.74) is 5.41. The summed E-state index contributed by atoms with van der Waals surface area (Å²) in [4.78, 5) is 10.7. The van der Waals surface area contributed by atoms with E-state index in [2.05, 4.69) is 0 Å². The highest BCUT2D eigenvalue weighted by Gasteiger charge is 2.22. The Morgan fingerprint density at radius 2 is 2.00 bits per heavy atom. The van der Waals surface area contributed by atoms with Crippen LogP contribution in [0.4, 0.5) is 0 Å². The molecule has 3 nitrogen and oxygen atoms in total. The van der Waals surface area contributed by atoms with Crippen LogP contribution in [0.25, 0.3) is 0 Å². The van der Waals surface area contributed by atoms with Crippen molar-refractivity contribution >= 4 is 5.97 Å². The minimum Gasteiger partial charge on any atom is -0.481 e. The highest BCUT2D eigenvalue weighted by Crippen LogP contribution is 2.28. The van der Waals surface area contributed by atoms with Crippen molar-refractivity contribution in [3.63, 3.8) is 0 Å². The molecule has 0 radical (unpaired) electrons. The molecule has 3 heteroatoms. The van der Waals surface area contributed by atoms with E-state index < -0.39 is 5.97 Å². The summed E-state index contributed by atoms with van der Waals surface area (Å²) >= 11 is 0. The van der Waals surface area contributed by atoms with Crippen LogP contribution < -0.4 is 5.73 Å². The Hall–Kier alpha value is -0.570. The first-order chi connectivity index (χ1) is 6.24. The van der Waals surface area contributed by atoms with E-state index in [1.54, 1.807) is 0 Å². The van der Waals surface area contributed by atoms with Crippen LogP contribution in [0, 0.1) is 11.8 Å². The lowest BCUT2D eigenvalue weighted by Gasteiger charge is -2.23. The van der Waals surface area contributed by atoms with Gasteiger partial charge in [0.05, 0.1) is 5.92 Å². The smallest absolute Gasteiger partial charge is 0.307 e. The molecule has 1 fully saturated rings. The standard InChI is InChI=1S/C10H19NO2/c11-7-9(10(12)13)6-8-4-2-1-3-5-8/h8-9H,1-7,11H2,(H,12,13)/t9-/m0/s1. The Balaban J connectivity index is 2.31. The fourth-order valence-electron chi connectivity index (χ4n) is 2.12. The SMILES string of the molecule is NC[C@H](CC1CCCCC1)C(=O)O. The van der Waals surface area contributed by atoms with Crippen LogP contribution in [0.3, 0.4) is 0 Å². The molecular weight excluding hydrogens is 166 g/mol. The zero-order chi connectivity index (χ0) is 9.68. The third-order valence-electron chi connectivity index (χ3n) is 2.98. The average Bonchev–Trinajstić information content (AvgIpc) is 2.15. The van der Waals surface area contributed by atoms with Crippen molar-refractivity contribution in [2.75, 3.05) is 6.54 Å². The molecule has 0 aliphatic heterocycles. The largest absolute Gasteiger partial charge is 0.481 e. The van der Waals surface area contributed by atoms with Crippen molar-refractivity contribution in [2.24, 2.45) is 17.6 Å². The molecule has 0 aromatic rings. The quantitative estimate of drug-likeness (QED) is 0.699. The second-order valence-corrected chi connectivity index (χ2v) is 4.01. The zero-order valence-electron chi connectivity index (χ0n) is 8.04. The lowest BCUT2D eigenvalue weighted by atomic mass is 9.83. The van der Waals surface area contributed by atoms with Crippen LogP contribution in [0.5, 0.6) is 0 Å². The Labute approximate surface area is 79.3 Å². The third-order valence-corrected chi connectivity index (χ3v) is 2.98. The van der Waals surface area contributed by atoms with Crippen LogP contribution in [0.15, 0.2) is 0 Å². The van der Waals surface area contributed by atoms with Crippen molar-refractivity contribution in [1.29, 1.82) is 0 Å². The summed E-state index contributed by atoms with van der Waals surface area (Å²) in [7, 11) is 0. The number of nitrogens with two attached hydrogens (primary N) is 1. The lowest BCUT2D eigenvalue weighted by molar-refractivity contribution is -0.142. The van der Waals surface area contributed by atoms with E-state index in [1.807, 2.05) is 0 Å². The molecule has 1 saturated carbocycles. The molecule has 13 heavy (non-hydrogen) atoms. The normalized spacial score (nSPS) is 21.3. The van der Waals surface area contributed by atoms with Crippen LogP contribution in [-0.2, 0) is 4.79 Å². The van der Waals surface area contributed by atoms with Crippen LogP contribution in [0.1, 0.15) is 38.5 Å². The summed E-state index contributed by atoms with van der Waals surface area (Å²) in [6.07, 6.45) is 7.03. The van der Waals surface area contributed by atoms with E-state index >= 15 is 0 Å². The van der Waals surface area contributed by atoms with Gasteiger partial charge in [-0.2, -0.15) is 0 Å². The molecular formula is C10H19NO2. The second-order valence-electron chi connectivity index (χ2n) is 4.01. The number of carboxylic acid groups (broad SMARTS) is 1. The summed E-state index contributed by atoms with van der Waals surface area (Å²) < 4.78 is 0. The fraction of sp³-hybridized carbons (Fsp3) is 0.900. The molecule has 0 aromatic heterocycles. The summed E-state index contributed by atoms with van der Waals surface area (Å²) in [5, 5.41) is 8.82. The van der Waals surface area contributed by atoms with Crippen molar-refractivity contribution in [3.05, 3.63) is 0 Å². The number of carboxylic acids is 1. The van der Waals surface area contributed by atoms with Crippen molar-refractivity contribution in [1.82, 2.24) is 0 Å². The summed E-state index contributed by atoms with van der Waals surface area (Å²) in [6.45, 7) is 0.284. The van der Waals surface area contributed by atoms with Gasteiger partial charge in [-0.3, -0.25) is 4.79 Å². The van der Waals surface area contributed by atoms with Gasteiger partial charge >= 0.3 is 5.97 Å². The third kappa shape index (κ3) is 3.35. The Morgan fingerprint density at radius 3 is 2.46 bits per heavy atom. The van der Waals surface area contributed by atoms with Crippen LogP contribution in [0.2, 0.25) is 0 Å². The van der Waals surface area contributed by atoms with Gasteiger partial charge in [0, 0.05) is 6.54 Å². The Morgan fingerprint density at radius 1 is 1.38 bits per heavy atom. The predicted molar refractivity (Wildman–Crippen MR) is 51.4 cm³/mol. The molecule has 76 valence electrons. The molecule has 0 saturated heterocycles. The van der Waals surface area contributed by atoms with Gasteiger partial charge in [0.1, 0.15) is 0 Å². The summed E-state index contributed by atoms with van der Waals surface area (Å²) in [5.74, 6) is -0.436. The molecule has 0 amide bonds. The van der Waals surface area contributed by atoms with Gasteiger partial charge in [-0.25, -0.2) is 0 Å². The first kappa shape index (κ1) is 10.5. The fourth-order valence-corrected chi connectivity index (χ4v) is 2.12. The number of hydrogen-bond acceptors (Lipinski definition) is 2. The van der Waals surface area contributed by atoms with E-state index in [1.165, 1.54) is 32.1 Å². The van der Waals surface area contributed by atoms with Gasteiger partial charge in [-0.1, -0.05) is 32.1 Å². The van der Waals surface area contributed by atoms with Crippen molar-refractivity contribution < 1.29 is 9.90 Å². The van der Waals surface area contributed by atoms with Crippen molar-refractivity contribution in [3.8, 4) is 0 Å². The molecule has 0 unspecified atom stereocenters. The maximum absolute atomic E-state index is 10.7. The van der Waals surface area contributed by atoms with Crippen molar-refractivity contribution in [2.45, 2.75) is 38.5 Å². The molecule has 0 heterocycles. The topological polar surface area (TPSA) is 63.3 Å². The first-order valence-electron chi connectivity index (χ1n) is 5.17. The van der Waals surface area contributed by atoms with Crippen LogP contribution >= 0.6 is 0 Å². The molecule has 1 aliphatic carbocycles. The van der Waals surface area contributed by atoms with E-state index in [9.17, 15) is 4.79 Å². The summed E-state index contributed by atoms with van der Waals surface area (Å²) in [6, 6.07) is 0. The minimum absolute atomic E-state index is 0.284. The van der Waals surface area contributed by atoms with E-state index in [0.717, 1.165) is 6.42 Å². The monoisotopic (exact) mass is 185 g/mol. The Bertz CT molecular complexity index is 164. The highest BCUT2D eigenvalue weighted by molar-refractivity contribution is 5.70. The van der Waals surface area contributed by atoms with E-state index in [0.29, 0.717) is 5.92 Å². The first-order valence-corrected chi connectivity index (χ1v) is 5.17. The van der Waals surface area contributed by atoms with E-state index in [4.69, 9.17) is 10.8 Å². The van der Waals surface area contributed by atoms with Gasteiger partial charge in [-0.05, 0) is 12.3 Å². The molecule has 0 aromatic carbocycles. The molecule has 1 rings (SSSR count). The lowest BCUT2D eigenvalue weighted by Crippen LogP contribution is -2.26. The number of rotatable bonds is 4. The number of aliphatic carboxylic acids is 1. The molecule has 0 bridgehead atoms. The van der Waals surface area contributed by atoms with Gasteiger partial charge in [0.2, 0.25) is 0 Å². The van der Waals surface area contributed by atoms with E-state index in [-0.39, 0.29) is 12.5 Å². The van der Waals surface area contributed by atoms with Gasteiger partial charge in [0.15, 0.2) is 0 Å². The number of carbonyl (C=O) groups is 1. The second kappa shape index (κ2) is 5.22. The van der Waals surface area contributed by atoms with Gasteiger partial charge < -0.3 is 10.8 Å². The maximum Gasteiger partial charge on any atom is 0.307 e. The Kier molecular flexibility index (Phi) is 4.22. The molecule has 0 spiro atoms. The predicted octanol–water partition coefficient (Wildman–Crippen LogP) is 1.62. The molecule has 1 aliphatic rings. The highest BCUT2D eigenvalue weighted by atomic mass is 16.4. The molecule has 3 N–H and O–H groups in total. The minimum atomic E-state index is -0.729. The van der Waals surface area contributed by atoms with Gasteiger partial charge in [-0.15, -0.1) is 0 Å². The molecule has 1 atom stereocenters. The maximum atomic E-state index is 10.7. The average molecular weight is 185 g/mol. The number of hydrogen-bond donors (Lipinski definition) is 2. The zero-order valence-corrected chi connectivity index (χ0v) is 8.04. The van der Waals surface area contributed by atoms with Crippen LogP contribution in [-0.4, -0.2) is 17.6 Å².